The fraction of sp³-hybridized carbons (Fsp3) is 0.417. The number of fused-ring (bicyclic) bond motifs is 1. The van der Waals surface area contributed by atoms with E-state index in [1.54, 1.807) is 24.8 Å². The van der Waals surface area contributed by atoms with Crippen LogP contribution >= 0.6 is 0 Å². The highest BCUT2D eigenvalue weighted by molar-refractivity contribution is 7.87. The minimum Gasteiger partial charge on any atom is -0.316 e. The van der Waals surface area contributed by atoms with Gasteiger partial charge in [0.05, 0.1) is 0 Å². The van der Waals surface area contributed by atoms with E-state index in [0.29, 0.717) is 32.5 Å². The van der Waals surface area contributed by atoms with E-state index in [1.807, 2.05) is 18.2 Å². The Balaban J connectivity index is 1.33. The fourth-order valence-electron chi connectivity index (χ4n) is 4.20. The quantitative estimate of drug-likeness (QED) is 0.665. The normalized spacial score (nSPS) is 18.7. The maximum atomic E-state index is 13.4. The second-order valence-corrected chi connectivity index (χ2v) is 10.7. The third-order valence-electron chi connectivity index (χ3n) is 6.27. The lowest BCUT2D eigenvalue weighted by Gasteiger charge is -2.28. The fourth-order valence-corrected chi connectivity index (χ4v) is 5.42. The Kier molecular flexibility index (Phi) is 6.90. The first-order chi connectivity index (χ1) is 16.1. The molecule has 1 aliphatic carbocycles. The summed E-state index contributed by atoms with van der Waals surface area (Å²) in [7, 11) is -3.85. The number of allylic oxidation sites excluding steroid dienone is 4. The highest BCUT2D eigenvalue weighted by atomic mass is 32.2. The molecule has 0 atom stereocenters. The molecular formula is C24H29FN4O4S. The van der Waals surface area contributed by atoms with E-state index in [0.717, 1.165) is 34.4 Å². The third kappa shape index (κ3) is 5.39. The average Bonchev–Trinajstić information content (AvgIpc) is 3.23. The molecule has 0 radical (unpaired) electrons. The summed E-state index contributed by atoms with van der Waals surface area (Å²) in [6, 6.07) is 4.39. The average molecular weight is 489 g/mol. The van der Waals surface area contributed by atoms with Gasteiger partial charge in [-0.05, 0) is 59.7 Å². The van der Waals surface area contributed by atoms with Gasteiger partial charge in [-0.15, -0.1) is 0 Å². The minimum atomic E-state index is -3.85. The molecule has 2 heterocycles. The van der Waals surface area contributed by atoms with Crippen LogP contribution in [0, 0.1) is 11.7 Å². The van der Waals surface area contributed by atoms with Gasteiger partial charge >= 0.3 is 16.2 Å². The minimum absolute atomic E-state index is 0.205. The Labute approximate surface area is 199 Å². The lowest BCUT2D eigenvalue weighted by atomic mass is 9.92. The number of halogens is 1. The predicted molar refractivity (Wildman–Crippen MR) is 126 cm³/mol. The highest BCUT2D eigenvalue weighted by Gasteiger charge is 2.28. The first-order valence-corrected chi connectivity index (χ1v) is 12.8. The van der Waals surface area contributed by atoms with Gasteiger partial charge < -0.3 is 10.2 Å². The van der Waals surface area contributed by atoms with Crippen LogP contribution in [0.3, 0.4) is 0 Å². The van der Waals surface area contributed by atoms with Gasteiger partial charge in [0, 0.05) is 37.8 Å². The van der Waals surface area contributed by atoms with Crippen LogP contribution in [0.15, 0.2) is 53.3 Å². The first kappa shape index (κ1) is 24.2. The van der Waals surface area contributed by atoms with Crippen LogP contribution < -0.4 is 10.0 Å². The molecule has 3 aliphatic rings. The SMILES string of the molecule is CC(C)C(=O)NS(=O)(=O)N1CC=C(C2=CC=C(NC(=O)N3Cc4ccc(F)cc4C3)CC2)CC1. The summed E-state index contributed by atoms with van der Waals surface area (Å²) in [5.74, 6) is -1.23. The summed E-state index contributed by atoms with van der Waals surface area (Å²) >= 11 is 0. The molecule has 0 unspecified atom stereocenters. The molecule has 1 aromatic carbocycles. The van der Waals surface area contributed by atoms with E-state index in [4.69, 9.17) is 0 Å². The molecule has 0 aromatic heterocycles. The number of urea groups is 1. The van der Waals surface area contributed by atoms with E-state index in [2.05, 4.69) is 10.0 Å². The van der Waals surface area contributed by atoms with Crippen molar-refractivity contribution in [3.05, 3.63) is 70.2 Å². The molecule has 34 heavy (non-hydrogen) atoms. The Bertz CT molecular complexity index is 1200. The van der Waals surface area contributed by atoms with E-state index in [-0.39, 0.29) is 18.4 Å². The van der Waals surface area contributed by atoms with Crippen molar-refractivity contribution >= 4 is 22.1 Å². The maximum absolute atomic E-state index is 13.4. The van der Waals surface area contributed by atoms with Crippen molar-refractivity contribution in [2.24, 2.45) is 5.92 Å². The number of rotatable bonds is 5. The van der Waals surface area contributed by atoms with Crippen molar-refractivity contribution in [2.75, 3.05) is 13.1 Å². The summed E-state index contributed by atoms with van der Waals surface area (Å²) in [5, 5.41) is 2.95. The van der Waals surface area contributed by atoms with Crippen LogP contribution in [-0.4, -0.2) is 42.7 Å². The van der Waals surface area contributed by atoms with Crippen LogP contribution in [0.1, 0.15) is 44.2 Å². The molecule has 4 rings (SSSR count). The Hall–Kier alpha value is -2.98. The van der Waals surface area contributed by atoms with Crippen molar-refractivity contribution in [3.8, 4) is 0 Å². The molecule has 3 amide bonds. The van der Waals surface area contributed by atoms with E-state index < -0.39 is 22.0 Å². The molecule has 0 spiro atoms. The van der Waals surface area contributed by atoms with Gasteiger partial charge in [-0.2, -0.15) is 12.7 Å². The van der Waals surface area contributed by atoms with Crippen molar-refractivity contribution < 1.29 is 22.4 Å². The van der Waals surface area contributed by atoms with Crippen molar-refractivity contribution in [3.63, 3.8) is 0 Å². The molecule has 1 aromatic rings. The van der Waals surface area contributed by atoms with Gasteiger partial charge in [-0.3, -0.25) is 4.79 Å². The summed E-state index contributed by atoms with van der Waals surface area (Å²) in [6.07, 6.45) is 7.68. The summed E-state index contributed by atoms with van der Waals surface area (Å²) < 4.78 is 41.6. The number of amides is 3. The van der Waals surface area contributed by atoms with Crippen molar-refractivity contribution in [1.29, 1.82) is 0 Å². The number of benzene rings is 1. The van der Waals surface area contributed by atoms with Crippen LogP contribution in [0.5, 0.6) is 0 Å². The first-order valence-electron chi connectivity index (χ1n) is 11.4. The lowest BCUT2D eigenvalue weighted by Crippen LogP contribution is -2.46. The summed E-state index contributed by atoms with van der Waals surface area (Å²) in [4.78, 5) is 26.1. The Morgan fingerprint density at radius 1 is 1.03 bits per heavy atom. The maximum Gasteiger partial charge on any atom is 0.322 e. The number of nitrogens with one attached hydrogen (secondary N) is 2. The van der Waals surface area contributed by atoms with Crippen LogP contribution in [0.25, 0.3) is 0 Å². The molecule has 0 bridgehead atoms. The molecule has 0 saturated carbocycles. The molecule has 2 N–H and O–H groups in total. The zero-order valence-electron chi connectivity index (χ0n) is 19.3. The number of nitrogens with zero attached hydrogens (tertiary/aromatic N) is 2. The number of carbonyl (C=O) groups is 2. The summed E-state index contributed by atoms with van der Waals surface area (Å²) in [6.45, 7) is 4.63. The molecule has 0 saturated heterocycles. The Morgan fingerprint density at radius 2 is 1.79 bits per heavy atom. The van der Waals surface area contributed by atoms with E-state index >= 15 is 0 Å². The van der Waals surface area contributed by atoms with Gasteiger partial charge in [0.15, 0.2) is 0 Å². The van der Waals surface area contributed by atoms with E-state index in [9.17, 15) is 22.4 Å². The van der Waals surface area contributed by atoms with Gasteiger partial charge in [-0.25, -0.2) is 13.9 Å². The largest absolute Gasteiger partial charge is 0.322 e. The molecule has 182 valence electrons. The number of hydrogen-bond acceptors (Lipinski definition) is 4. The molecule has 10 heteroatoms. The van der Waals surface area contributed by atoms with Crippen LogP contribution in [0.2, 0.25) is 0 Å². The molecule has 0 fully saturated rings. The predicted octanol–water partition coefficient (Wildman–Crippen LogP) is 3.10. The lowest BCUT2D eigenvalue weighted by molar-refractivity contribution is -0.122. The van der Waals surface area contributed by atoms with Gasteiger partial charge in [0.1, 0.15) is 5.82 Å². The molecule has 2 aliphatic heterocycles. The second kappa shape index (κ2) is 9.71. The molecular weight excluding hydrogens is 459 g/mol. The zero-order valence-corrected chi connectivity index (χ0v) is 20.1. The third-order valence-corrected chi connectivity index (χ3v) is 7.74. The summed E-state index contributed by atoms with van der Waals surface area (Å²) in [5.41, 5.74) is 4.80. The molecule has 8 nitrogen and oxygen atoms in total. The van der Waals surface area contributed by atoms with Crippen LogP contribution in [0.4, 0.5) is 9.18 Å². The van der Waals surface area contributed by atoms with Crippen molar-refractivity contribution in [1.82, 2.24) is 19.2 Å². The monoisotopic (exact) mass is 488 g/mol. The van der Waals surface area contributed by atoms with Crippen LogP contribution in [-0.2, 0) is 28.1 Å². The van der Waals surface area contributed by atoms with Gasteiger partial charge in [0.2, 0.25) is 5.91 Å². The topological polar surface area (TPSA) is 98.8 Å². The van der Waals surface area contributed by atoms with E-state index in [1.165, 1.54) is 16.4 Å². The zero-order chi connectivity index (χ0) is 24.5. The van der Waals surface area contributed by atoms with Gasteiger partial charge in [-0.1, -0.05) is 32.1 Å². The number of carbonyl (C=O) groups excluding carboxylic acids is 2. The standard InChI is InChI=1S/C24H29FN4O4S/c1-16(2)23(30)27-34(32,33)29-11-9-18(10-12-29)17-4-7-22(8-5-17)26-24(31)28-14-19-3-6-21(25)13-20(19)15-28/h3-4,6-7,9,13,16H,5,8,10-12,14-15H2,1-2H3,(H,26,31)(H,27,30). The van der Waals surface area contributed by atoms with Gasteiger partial charge in [0.25, 0.3) is 0 Å². The highest BCUT2D eigenvalue weighted by Crippen LogP contribution is 2.29. The Morgan fingerprint density at radius 3 is 2.44 bits per heavy atom. The number of hydrogen-bond donors (Lipinski definition) is 2. The smallest absolute Gasteiger partial charge is 0.316 e. The van der Waals surface area contributed by atoms with Crippen molar-refractivity contribution in [2.45, 2.75) is 46.2 Å². The second-order valence-electron chi connectivity index (χ2n) is 9.05.